The van der Waals surface area contributed by atoms with Gasteiger partial charge in [0.1, 0.15) is 5.75 Å². The first-order chi connectivity index (χ1) is 15.0. The van der Waals surface area contributed by atoms with Crippen LogP contribution in [0.25, 0.3) is 10.8 Å². The molecule has 162 valence electrons. The molecular weight excluding hydrogens is 434 g/mol. The summed E-state index contributed by atoms with van der Waals surface area (Å²) < 4.78 is 33.4. The van der Waals surface area contributed by atoms with Crippen molar-refractivity contribution < 1.29 is 20.8 Å². The number of rotatable bonds is 7. The molecule has 0 spiro atoms. The van der Waals surface area contributed by atoms with Gasteiger partial charge < -0.3 is 10.1 Å². The Kier molecular flexibility index (Phi) is 5.88. The zero-order valence-corrected chi connectivity index (χ0v) is 18.2. The number of amides is 1. The van der Waals surface area contributed by atoms with E-state index in [1.54, 1.807) is 55.0 Å². The van der Waals surface area contributed by atoms with Crippen molar-refractivity contribution in [3.05, 3.63) is 77.8 Å². The average molecular weight is 458 g/mol. The normalized spacial score (nSPS) is 11.3. The molecule has 0 aliphatic carbocycles. The number of carbonyl (C=O) groups is 1. The van der Waals surface area contributed by atoms with E-state index in [0.29, 0.717) is 21.6 Å². The molecule has 1 heterocycles. The van der Waals surface area contributed by atoms with Crippen molar-refractivity contribution in [1.82, 2.24) is 4.98 Å². The number of methoxy groups -OCH3 is 1. The molecule has 1 aromatic heterocycles. The number of aromatic nitrogens is 1. The maximum absolute atomic E-state index is 12.9. The average Bonchev–Trinajstić information content (AvgIpc) is 3.26. The Labute approximate surface area is 186 Å². The molecule has 3 aromatic carbocycles. The molecule has 2 N–H and O–H groups in total. The summed E-state index contributed by atoms with van der Waals surface area (Å²) in [5.41, 5.74) is 1.39. The molecule has 0 aliphatic heterocycles. The van der Waals surface area contributed by atoms with Gasteiger partial charge in [0, 0.05) is 30.9 Å². The van der Waals surface area contributed by atoms with Crippen molar-refractivity contribution in [1.29, 1.82) is 0 Å². The topological polar surface area (TPSA) is 97.4 Å². The Morgan fingerprint density at radius 2 is 1.81 bits per heavy atom. The highest BCUT2D eigenvalue weighted by Gasteiger charge is 2.20. The largest absolute Gasteiger partial charge is 0.497 e. The van der Waals surface area contributed by atoms with Gasteiger partial charge in [0.15, 0.2) is 5.13 Å². The van der Waals surface area contributed by atoms with Gasteiger partial charge in [-0.05, 0) is 29.8 Å². The van der Waals surface area contributed by atoms with Crippen molar-refractivity contribution >= 4 is 48.9 Å². The molecule has 4 aromatic rings. The number of nitrogens with one attached hydrogen (secondary N) is 2. The van der Waals surface area contributed by atoms with Crippen molar-refractivity contribution in [2.45, 2.75) is 11.3 Å². The van der Waals surface area contributed by atoms with Crippen molar-refractivity contribution in [2.24, 2.45) is 0 Å². The number of thiazole rings is 1. The number of carbonyl (C=O) groups excluding carboxylic acids is 1. The summed E-state index contributed by atoms with van der Waals surface area (Å²) in [6.45, 7) is 0. The molecule has 7 nitrogen and oxygen atoms in total. The number of hydrogen-bond donors (Lipinski definition) is 2. The molecule has 9 heteroatoms. The Morgan fingerprint density at radius 3 is 2.48 bits per heavy atom. The Balaban J connectivity index is 0.00000193. The lowest BCUT2D eigenvalue weighted by Gasteiger charge is -2.13. The third-order valence-electron chi connectivity index (χ3n) is 4.63. The Bertz CT molecular complexity index is 1330. The van der Waals surface area contributed by atoms with Crippen LogP contribution in [0.3, 0.4) is 0 Å². The molecular formula is C22H23N3O4S2. The summed E-state index contributed by atoms with van der Waals surface area (Å²) in [4.78, 5) is 16.7. The fraction of sp³-hybridized carbons (Fsp3) is 0.0909. The van der Waals surface area contributed by atoms with E-state index in [0.717, 1.165) is 11.3 Å². The van der Waals surface area contributed by atoms with Gasteiger partial charge in [-0.15, -0.1) is 11.3 Å². The molecule has 0 saturated carbocycles. The zero-order chi connectivity index (χ0) is 21.8. The van der Waals surface area contributed by atoms with Crippen LogP contribution in [0.4, 0.5) is 10.8 Å². The SMILES string of the molecule is COc1ccc(CC(=O)Nc2ccc(S(=O)(=O)Nc3nccs3)c3ccccc23)cc1.[HH].[HH]. The van der Waals surface area contributed by atoms with Crippen LogP contribution >= 0.6 is 11.3 Å². The van der Waals surface area contributed by atoms with Gasteiger partial charge in [0.05, 0.1) is 18.4 Å². The summed E-state index contributed by atoms with van der Waals surface area (Å²) >= 11 is 1.20. The quantitative estimate of drug-likeness (QED) is 0.416. The van der Waals surface area contributed by atoms with Crippen molar-refractivity contribution in [3.8, 4) is 5.75 Å². The Hall–Kier alpha value is -3.43. The van der Waals surface area contributed by atoms with Crippen LogP contribution in [-0.4, -0.2) is 26.4 Å². The summed E-state index contributed by atoms with van der Waals surface area (Å²) in [5.74, 6) is 0.519. The van der Waals surface area contributed by atoms with Gasteiger partial charge >= 0.3 is 0 Å². The lowest BCUT2D eigenvalue weighted by molar-refractivity contribution is -0.115. The minimum atomic E-state index is -3.84. The smallest absolute Gasteiger partial charge is 0.264 e. The summed E-state index contributed by atoms with van der Waals surface area (Å²) in [7, 11) is -2.25. The van der Waals surface area contributed by atoms with Crippen LogP contribution in [0, 0.1) is 0 Å². The third-order valence-corrected chi connectivity index (χ3v) is 6.84. The van der Waals surface area contributed by atoms with Gasteiger partial charge in [-0.25, -0.2) is 13.4 Å². The molecule has 0 fully saturated rings. The highest BCUT2D eigenvalue weighted by atomic mass is 32.2. The molecule has 0 atom stereocenters. The zero-order valence-electron chi connectivity index (χ0n) is 16.5. The minimum absolute atomic E-state index is 0. The molecule has 0 aliphatic rings. The Morgan fingerprint density at radius 1 is 1.06 bits per heavy atom. The van der Waals surface area contributed by atoms with Gasteiger partial charge in [0.2, 0.25) is 5.91 Å². The van der Waals surface area contributed by atoms with E-state index >= 15 is 0 Å². The van der Waals surface area contributed by atoms with Crippen LogP contribution in [-0.2, 0) is 21.2 Å². The minimum Gasteiger partial charge on any atom is -0.497 e. The first-order valence-electron chi connectivity index (χ1n) is 9.33. The van der Waals surface area contributed by atoms with Crippen LogP contribution in [0.2, 0.25) is 0 Å². The molecule has 0 unspecified atom stereocenters. The molecule has 1 amide bonds. The molecule has 0 radical (unpaired) electrons. The summed E-state index contributed by atoms with van der Waals surface area (Å²) in [5, 5.41) is 6.02. The van der Waals surface area contributed by atoms with E-state index in [2.05, 4.69) is 15.0 Å². The number of benzene rings is 3. The maximum atomic E-state index is 12.9. The number of anilines is 2. The number of hydrogen-bond acceptors (Lipinski definition) is 6. The first kappa shape index (κ1) is 20.8. The van der Waals surface area contributed by atoms with E-state index in [-0.39, 0.29) is 20.1 Å². The van der Waals surface area contributed by atoms with Crippen LogP contribution in [0.1, 0.15) is 8.42 Å². The van der Waals surface area contributed by atoms with Crippen molar-refractivity contribution in [2.75, 3.05) is 17.1 Å². The summed E-state index contributed by atoms with van der Waals surface area (Å²) in [6, 6.07) is 17.4. The lowest BCUT2D eigenvalue weighted by atomic mass is 10.1. The number of sulfonamides is 1. The molecule has 31 heavy (non-hydrogen) atoms. The second-order valence-electron chi connectivity index (χ2n) is 6.67. The fourth-order valence-electron chi connectivity index (χ4n) is 3.18. The number of nitrogens with zero attached hydrogens (tertiary/aromatic N) is 1. The molecule has 0 saturated heterocycles. The number of ether oxygens (including phenoxy) is 1. The molecule has 4 rings (SSSR count). The van der Waals surface area contributed by atoms with Gasteiger partial charge in [-0.1, -0.05) is 36.4 Å². The highest BCUT2D eigenvalue weighted by Crippen LogP contribution is 2.31. The first-order valence-corrected chi connectivity index (χ1v) is 11.7. The number of fused-ring (bicyclic) bond motifs is 1. The van der Waals surface area contributed by atoms with Gasteiger partial charge in [-0.3, -0.25) is 9.52 Å². The predicted octanol–water partition coefficient (Wildman–Crippen LogP) is 4.78. The van der Waals surface area contributed by atoms with Crippen LogP contribution in [0.15, 0.2) is 77.1 Å². The second-order valence-corrected chi connectivity index (χ2v) is 9.22. The second kappa shape index (κ2) is 8.75. The van der Waals surface area contributed by atoms with Crippen LogP contribution in [0.5, 0.6) is 5.75 Å². The van der Waals surface area contributed by atoms with E-state index in [1.807, 2.05) is 12.1 Å². The fourth-order valence-corrected chi connectivity index (χ4v) is 5.18. The van der Waals surface area contributed by atoms with E-state index in [4.69, 9.17) is 4.74 Å². The van der Waals surface area contributed by atoms with Crippen LogP contribution < -0.4 is 14.8 Å². The highest BCUT2D eigenvalue weighted by molar-refractivity contribution is 7.93. The van der Waals surface area contributed by atoms with E-state index < -0.39 is 10.0 Å². The predicted molar refractivity (Wildman–Crippen MR) is 126 cm³/mol. The molecule has 0 bridgehead atoms. The van der Waals surface area contributed by atoms with Gasteiger partial charge in [0.25, 0.3) is 10.0 Å². The van der Waals surface area contributed by atoms with Crippen molar-refractivity contribution in [3.63, 3.8) is 0 Å². The summed E-state index contributed by atoms with van der Waals surface area (Å²) in [6.07, 6.45) is 1.71. The van der Waals surface area contributed by atoms with E-state index in [1.165, 1.54) is 23.6 Å². The maximum Gasteiger partial charge on any atom is 0.264 e. The standard InChI is InChI=1S/C22H19N3O4S2.2H2/c1-29-16-8-6-15(7-9-16)14-21(26)24-19-10-11-20(18-5-3-2-4-17(18)19)31(27,28)25-22-23-12-13-30-22;;/h2-13H,14H2,1H3,(H,23,25)(H,24,26);2*1H. The van der Waals surface area contributed by atoms with E-state index in [9.17, 15) is 13.2 Å². The lowest BCUT2D eigenvalue weighted by Crippen LogP contribution is -2.16. The monoisotopic (exact) mass is 457 g/mol. The van der Waals surface area contributed by atoms with Gasteiger partial charge in [-0.2, -0.15) is 0 Å². The third kappa shape index (κ3) is 4.68.